The molecule has 114 valence electrons. The van der Waals surface area contributed by atoms with E-state index in [9.17, 15) is 0 Å². The highest BCUT2D eigenvalue weighted by Gasteiger charge is 2.22. The second kappa shape index (κ2) is 5.05. The standard InChI is InChI=1S/C16H19N5S/c1-3-13-18-15(21-12(17)8-9(2)20-21)14-10-6-4-5-7-11(10)22-16(14)19-13/h8H,3-7,17H2,1-2H3. The van der Waals surface area contributed by atoms with Crippen molar-refractivity contribution >= 4 is 27.4 Å². The molecule has 0 saturated carbocycles. The molecule has 0 atom stereocenters. The Hall–Kier alpha value is -1.95. The molecule has 2 N–H and O–H groups in total. The number of hydrogen-bond acceptors (Lipinski definition) is 5. The van der Waals surface area contributed by atoms with E-state index in [1.165, 1.54) is 23.3 Å². The monoisotopic (exact) mass is 313 g/mol. The van der Waals surface area contributed by atoms with E-state index in [2.05, 4.69) is 12.0 Å². The molecule has 0 aliphatic heterocycles. The summed E-state index contributed by atoms with van der Waals surface area (Å²) in [5.41, 5.74) is 8.47. The van der Waals surface area contributed by atoms with Crippen molar-refractivity contribution in [2.45, 2.75) is 46.0 Å². The summed E-state index contributed by atoms with van der Waals surface area (Å²) in [6, 6.07) is 1.89. The van der Waals surface area contributed by atoms with Crippen LogP contribution in [0.5, 0.6) is 0 Å². The van der Waals surface area contributed by atoms with Gasteiger partial charge in [0.05, 0.1) is 11.1 Å². The lowest BCUT2D eigenvalue weighted by atomic mass is 9.97. The van der Waals surface area contributed by atoms with Gasteiger partial charge in [-0.15, -0.1) is 11.3 Å². The third-order valence-corrected chi connectivity index (χ3v) is 5.40. The molecule has 22 heavy (non-hydrogen) atoms. The number of hydrogen-bond donors (Lipinski definition) is 1. The Balaban J connectivity index is 2.06. The van der Waals surface area contributed by atoms with Gasteiger partial charge in [-0.3, -0.25) is 0 Å². The van der Waals surface area contributed by atoms with E-state index in [4.69, 9.17) is 15.7 Å². The van der Waals surface area contributed by atoms with Gasteiger partial charge in [-0.2, -0.15) is 9.78 Å². The molecule has 1 aliphatic rings. The molecule has 3 aromatic rings. The molecule has 1 aliphatic carbocycles. The summed E-state index contributed by atoms with van der Waals surface area (Å²) >= 11 is 1.82. The minimum Gasteiger partial charge on any atom is -0.384 e. The molecular formula is C16H19N5S. The Morgan fingerprint density at radius 2 is 2.09 bits per heavy atom. The van der Waals surface area contributed by atoms with Gasteiger partial charge in [-0.25, -0.2) is 9.97 Å². The molecule has 0 bridgehead atoms. The van der Waals surface area contributed by atoms with Crippen LogP contribution in [0.4, 0.5) is 5.82 Å². The van der Waals surface area contributed by atoms with E-state index in [-0.39, 0.29) is 0 Å². The van der Waals surface area contributed by atoms with Crippen molar-refractivity contribution in [2.75, 3.05) is 5.73 Å². The number of rotatable bonds is 2. The number of fused-ring (bicyclic) bond motifs is 3. The van der Waals surface area contributed by atoms with Crippen molar-refractivity contribution in [3.05, 3.63) is 28.0 Å². The molecule has 0 amide bonds. The molecule has 0 radical (unpaired) electrons. The Kier molecular flexibility index (Phi) is 3.14. The van der Waals surface area contributed by atoms with Crippen molar-refractivity contribution < 1.29 is 0 Å². The third kappa shape index (κ3) is 2.01. The molecule has 0 fully saturated rings. The summed E-state index contributed by atoms with van der Waals surface area (Å²) in [6.07, 6.45) is 5.58. The van der Waals surface area contributed by atoms with Gasteiger partial charge in [0.15, 0.2) is 5.82 Å². The number of aryl methyl sites for hydroxylation is 4. The third-order valence-electron chi connectivity index (χ3n) is 4.22. The lowest BCUT2D eigenvalue weighted by Gasteiger charge is -2.12. The lowest BCUT2D eigenvalue weighted by molar-refractivity contribution is 0.699. The highest BCUT2D eigenvalue weighted by atomic mass is 32.1. The van der Waals surface area contributed by atoms with Crippen LogP contribution in [0.3, 0.4) is 0 Å². The normalized spacial score (nSPS) is 14.5. The van der Waals surface area contributed by atoms with Gasteiger partial charge < -0.3 is 5.73 Å². The molecule has 4 rings (SSSR count). The van der Waals surface area contributed by atoms with Crippen LogP contribution >= 0.6 is 11.3 Å². The van der Waals surface area contributed by atoms with E-state index in [0.717, 1.165) is 46.8 Å². The van der Waals surface area contributed by atoms with Gasteiger partial charge in [-0.1, -0.05) is 6.92 Å². The number of nitrogen functional groups attached to an aromatic ring is 1. The maximum Gasteiger partial charge on any atom is 0.168 e. The summed E-state index contributed by atoms with van der Waals surface area (Å²) in [6.45, 7) is 4.03. The molecule has 6 heteroatoms. The van der Waals surface area contributed by atoms with Crippen molar-refractivity contribution in [1.82, 2.24) is 19.7 Å². The smallest absolute Gasteiger partial charge is 0.168 e. The molecule has 3 heterocycles. The van der Waals surface area contributed by atoms with E-state index in [0.29, 0.717) is 5.82 Å². The van der Waals surface area contributed by atoms with E-state index in [1.54, 1.807) is 4.68 Å². The number of anilines is 1. The average molecular weight is 313 g/mol. The van der Waals surface area contributed by atoms with E-state index >= 15 is 0 Å². The van der Waals surface area contributed by atoms with Crippen LogP contribution < -0.4 is 5.73 Å². The molecule has 0 aromatic carbocycles. The van der Waals surface area contributed by atoms with Crippen LogP contribution in [0.2, 0.25) is 0 Å². The van der Waals surface area contributed by atoms with Crippen LogP contribution in [0.25, 0.3) is 16.0 Å². The lowest BCUT2D eigenvalue weighted by Crippen LogP contribution is -2.09. The van der Waals surface area contributed by atoms with Crippen molar-refractivity contribution in [2.24, 2.45) is 0 Å². The molecular weight excluding hydrogens is 294 g/mol. The Morgan fingerprint density at radius 1 is 1.27 bits per heavy atom. The zero-order valence-electron chi connectivity index (χ0n) is 12.9. The molecule has 0 unspecified atom stereocenters. The van der Waals surface area contributed by atoms with Crippen LogP contribution in [0.15, 0.2) is 6.07 Å². The van der Waals surface area contributed by atoms with Crippen LogP contribution in [-0.4, -0.2) is 19.7 Å². The first kappa shape index (κ1) is 13.7. The van der Waals surface area contributed by atoms with Crippen molar-refractivity contribution in [1.29, 1.82) is 0 Å². The SMILES string of the molecule is CCc1nc(-n2nc(C)cc2N)c2c3c(sc2n1)CCCC3. The number of nitrogens with zero attached hydrogens (tertiary/aromatic N) is 4. The first-order valence-electron chi connectivity index (χ1n) is 7.81. The van der Waals surface area contributed by atoms with Crippen molar-refractivity contribution in [3.63, 3.8) is 0 Å². The predicted molar refractivity (Wildman–Crippen MR) is 89.7 cm³/mol. The highest BCUT2D eigenvalue weighted by Crippen LogP contribution is 2.38. The number of nitrogens with two attached hydrogens (primary N) is 1. The van der Waals surface area contributed by atoms with Gasteiger partial charge in [0.1, 0.15) is 16.5 Å². The average Bonchev–Trinajstić information content (AvgIpc) is 3.05. The number of thiophene rings is 1. The Bertz CT molecular complexity index is 861. The minimum absolute atomic E-state index is 0.635. The van der Waals surface area contributed by atoms with Gasteiger partial charge in [0.25, 0.3) is 0 Å². The molecule has 0 spiro atoms. The summed E-state index contributed by atoms with van der Waals surface area (Å²) in [7, 11) is 0. The van der Waals surface area contributed by atoms with Crippen LogP contribution in [-0.2, 0) is 19.3 Å². The van der Waals surface area contributed by atoms with Gasteiger partial charge in [-0.05, 0) is 38.2 Å². The fourth-order valence-electron chi connectivity index (χ4n) is 3.18. The van der Waals surface area contributed by atoms with E-state index in [1.807, 2.05) is 24.3 Å². The summed E-state index contributed by atoms with van der Waals surface area (Å²) < 4.78 is 1.78. The summed E-state index contributed by atoms with van der Waals surface area (Å²) in [5, 5.41) is 5.70. The number of aromatic nitrogens is 4. The fourth-order valence-corrected chi connectivity index (χ4v) is 4.46. The van der Waals surface area contributed by atoms with Gasteiger partial charge in [0, 0.05) is 17.4 Å². The molecule has 0 saturated heterocycles. The zero-order chi connectivity index (χ0) is 15.3. The molecule has 3 aromatic heterocycles. The van der Waals surface area contributed by atoms with Gasteiger partial charge in [0.2, 0.25) is 0 Å². The van der Waals surface area contributed by atoms with Crippen LogP contribution in [0.1, 0.15) is 41.7 Å². The van der Waals surface area contributed by atoms with Gasteiger partial charge >= 0.3 is 0 Å². The maximum atomic E-state index is 6.14. The van der Waals surface area contributed by atoms with Crippen LogP contribution in [0, 0.1) is 6.92 Å². The predicted octanol–water partition coefficient (Wildman–Crippen LogP) is 3.21. The topological polar surface area (TPSA) is 69.6 Å². The Morgan fingerprint density at radius 3 is 2.82 bits per heavy atom. The van der Waals surface area contributed by atoms with E-state index < -0.39 is 0 Å². The zero-order valence-corrected chi connectivity index (χ0v) is 13.7. The quantitative estimate of drug-likeness (QED) is 0.788. The Labute approximate surface area is 133 Å². The highest BCUT2D eigenvalue weighted by molar-refractivity contribution is 7.18. The largest absolute Gasteiger partial charge is 0.384 e. The minimum atomic E-state index is 0.635. The first-order valence-corrected chi connectivity index (χ1v) is 8.62. The summed E-state index contributed by atoms with van der Waals surface area (Å²) in [5.74, 6) is 2.34. The molecule has 5 nitrogen and oxygen atoms in total. The maximum absolute atomic E-state index is 6.14. The van der Waals surface area contributed by atoms with Crippen molar-refractivity contribution in [3.8, 4) is 5.82 Å². The fraction of sp³-hybridized carbons (Fsp3) is 0.438. The second-order valence-electron chi connectivity index (χ2n) is 5.83. The second-order valence-corrected chi connectivity index (χ2v) is 6.91. The first-order chi connectivity index (χ1) is 10.7. The summed E-state index contributed by atoms with van der Waals surface area (Å²) in [4.78, 5) is 12.1.